The van der Waals surface area contributed by atoms with E-state index in [2.05, 4.69) is 14.7 Å². The first-order valence-electron chi connectivity index (χ1n) is 7.85. The van der Waals surface area contributed by atoms with Crippen LogP contribution in [0.15, 0.2) is 66.1 Å². The molecular weight excluding hydrogens is 338 g/mol. The van der Waals surface area contributed by atoms with Crippen LogP contribution in [0.3, 0.4) is 0 Å². The topological polar surface area (TPSA) is 89.0 Å². The second-order valence-electron chi connectivity index (χ2n) is 6.06. The number of rotatable bonds is 4. The zero-order chi connectivity index (χ0) is 17.4. The third-order valence-corrected chi connectivity index (χ3v) is 5.81. The number of carbonyl (C=O) groups excluding carboxylic acids is 1. The first-order valence-corrected chi connectivity index (χ1v) is 9.34. The van der Waals surface area contributed by atoms with Crippen molar-refractivity contribution in [2.75, 3.05) is 0 Å². The Kier molecular flexibility index (Phi) is 3.73. The van der Waals surface area contributed by atoms with Gasteiger partial charge in [0, 0.05) is 41.5 Å². The van der Waals surface area contributed by atoms with Crippen LogP contribution in [0.1, 0.15) is 17.9 Å². The predicted molar refractivity (Wildman–Crippen MR) is 92.2 cm³/mol. The number of benzene rings is 1. The highest BCUT2D eigenvalue weighted by molar-refractivity contribution is 7.90. The van der Waals surface area contributed by atoms with Crippen molar-refractivity contribution >= 4 is 26.7 Å². The number of fused-ring (bicyclic) bond motifs is 1. The molecule has 2 atom stereocenters. The minimum Gasteiger partial charge on any atom is -0.274 e. The van der Waals surface area contributed by atoms with Crippen LogP contribution in [0.5, 0.6) is 0 Å². The van der Waals surface area contributed by atoms with E-state index in [0.717, 1.165) is 5.56 Å². The summed E-state index contributed by atoms with van der Waals surface area (Å²) < 4.78 is 27.6. The fourth-order valence-corrected chi connectivity index (χ4v) is 4.30. The van der Waals surface area contributed by atoms with Crippen molar-refractivity contribution in [1.29, 1.82) is 0 Å². The van der Waals surface area contributed by atoms with Gasteiger partial charge in [-0.15, -0.1) is 0 Å². The van der Waals surface area contributed by atoms with Gasteiger partial charge >= 0.3 is 0 Å². The Morgan fingerprint density at radius 1 is 1.04 bits per heavy atom. The van der Waals surface area contributed by atoms with E-state index < -0.39 is 15.9 Å². The minimum atomic E-state index is -3.94. The van der Waals surface area contributed by atoms with Crippen LogP contribution in [0, 0.1) is 5.92 Å². The van der Waals surface area contributed by atoms with Gasteiger partial charge in [-0.05, 0) is 36.1 Å². The molecule has 1 aromatic carbocycles. The predicted octanol–water partition coefficient (Wildman–Crippen LogP) is 2.24. The van der Waals surface area contributed by atoms with E-state index in [-0.39, 0.29) is 16.7 Å². The van der Waals surface area contributed by atoms with Gasteiger partial charge in [0.1, 0.15) is 0 Å². The molecule has 6 nitrogen and oxygen atoms in total. The zero-order valence-electron chi connectivity index (χ0n) is 13.2. The normalized spacial score (nSPS) is 19.5. The molecule has 0 aliphatic heterocycles. The number of aromatic nitrogens is 2. The van der Waals surface area contributed by atoms with Crippen LogP contribution in [0.25, 0.3) is 10.8 Å². The molecule has 0 unspecified atom stereocenters. The van der Waals surface area contributed by atoms with Gasteiger partial charge in [0.25, 0.3) is 10.0 Å². The van der Waals surface area contributed by atoms with Gasteiger partial charge in [-0.1, -0.05) is 18.2 Å². The van der Waals surface area contributed by atoms with Crippen LogP contribution >= 0.6 is 0 Å². The maximum absolute atomic E-state index is 12.7. The maximum Gasteiger partial charge on any atom is 0.264 e. The Balaban J connectivity index is 1.57. The zero-order valence-corrected chi connectivity index (χ0v) is 14.0. The number of hydrogen-bond donors (Lipinski definition) is 1. The molecule has 126 valence electrons. The first kappa shape index (κ1) is 15.7. The Hall–Kier alpha value is -2.80. The summed E-state index contributed by atoms with van der Waals surface area (Å²) in [6.07, 6.45) is 7.13. The van der Waals surface area contributed by atoms with Gasteiger partial charge in [0.05, 0.1) is 4.90 Å². The highest BCUT2D eigenvalue weighted by Crippen LogP contribution is 2.47. The lowest BCUT2D eigenvalue weighted by Crippen LogP contribution is -2.32. The van der Waals surface area contributed by atoms with E-state index in [4.69, 9.17) is 0 Å². The van der Waals surface area contributed by atoms with Crippen LogP contribution < -0.4 is 4.72 Å². The van der Waals surface area contributed by atoms with Gasteiger partial charge in [-0.2, -0.15) is 0 Å². The van der Waals surface area contributed by atoms with Crippen molar-refractivity contribution in [1.82, 2.24) is 14.7 Å². The molecule has 7 heteroatoms. The lowest BCUT2D eigenvalue weighted by atomic mass is 10.1. The van der Waals surface area contributed by atoms with E-state index in [1.165, 1.54) is 12.3 Å². The second kappa shape index (κ2) is 5.93. The van der Waals surface area contributed by atoms with Crippen LogP contribution in [-0.2, 0) is 14.8 Å². The monoisotopic (exact) mass is 353 g/mol. The molecule has 0 saturated heterocycles. The number of carbonyl (C=O) groups is 1. The standard InChI is InChI=1S/C18H15N3O3S/c22-18(16-9-15(16)13-4-2-7-19-11-13)21-25(23,24)17-5-1-3-12-10-20-8-6-14(12)17/h1-8,10-11,15-16H,9H2,(H,21,22)/t15-,16+/m1/s1. The molecule has 1 aliphatic carbocycles. The third kappa shape index (κ3) is 2.98. The van der Waals surface area contributed by atoms with Gasteiger partial charge in [0.2, 0.25) is 5.91 Å². The van der Waals surface area contributed by atoms with E-state index >= 15 is 0 Å². The molecule has 25 heavy (non-hydrogen) atoms. The SMILES string of the molecule is O=C(NS(=O)(=O)c1cccc2cnccc12)[C@H]1C[C@@H]1c1cccnc1. The molecule has 0 spiro atoms. The fourth-order valence-electron chi connectivity index (χ4n) is 3.04. The van der Waals surface area contributed by atoms with Crippen molar-refractivity contribution in [3.8, 4) is 0 Å². The smallest absolute Gasteiger partial charge is 0.264 e. The van der Waals surface area contributed by atoms with Gasteiger partial charge in [-0.25, -0.2) is 13.1 Å². The Morgan fingerprint density at radius 2 is 1.88 bits per heavy atom. The molecule has 2 heterocycles. The van der Waals surface area contributed by atoms with E-state index in [0.29, 0.717) is 17.2 Å². The number of hydrogen-bond acceptors (Lipinski definition) is 5. The highest BCUT2D eigenvalue weighted by Gasteiger charge is 2.45. The molecule has 1 N–H and O–H groups in total. The summed E-state index contributed by atoms with van der Waals surface area (Å²) in [6.45, 7) is 0. The number of amides is 1. The Labute approximate surface area is 145 Å². The lowest BCUT2D eigenvalue weighted by Gasteiger charge is -2.09. The summed E-state index contributed by atoms with van der Waals surface area (Å²) in [5.74, 6) is -0.781. The quantitative estimate of drug-likeness (QED) is 0.777. The fraction of sp³-hybridized carbons (Fsp3) is 0.167. The van der Waals surface area contributed by atoms with Crippen molar-refractivity contribution in [2.45, 2.75) is 17.2 Å². The molecule has 2 aromatic heterocycles. The Morgan fingerprint density at radius 3 is 2.68 bits per heavy atom. The van der Waals surface area contributed by atoms with Crippen molar-refractivity contribution in [2.24, 2.45) is 5.92 Å². The average molecular weight is 353 g/mol. The summed E-state index contributed by atoms with van der Waals surface area (Å²) in [5.41, 5.74) is 0.955. The molecular formula is C18H15N3O3S. The third-order valence-electron chi connectivity index (χ3n) is 4.40. The summed E-state index contributed by atoms with van der Waals surface area (Å²) >= 11 is 0. The van der Waals surface area contributed by atoms with Crippen molar-refractivity contribution in [3.05, 3.63) is 66.7 Å². The molecule has 4 rings (SSSR count). The number of nitrogens with zero attached hydrogens (tertiary/aromatic N) is 2. The Bertz CT molecular complexity index is 1050. The summed E-state index contributed by atoms with van der Waals surface area (Å²) in [7, 11) is -3.94. The number of pyridine rings is 2. The van der Waals surface area contributed by atoms with Gasteiger partial charge in [0.15, 0.2) is 0 Å². The molecule has 1 aliphatic rings. The van der Waals surface area contributed by atoms with Gasteiger partial charge in [-0.3, -0.25) is 14.8 Å². The average Bonchev–Trinajstić information content (AvgIpc) is 3.42. The number of sulfonamides is 1. The van der Waals surface area contributed by atoms with E-state index in [1.54, 1.807) is 36.8 Å². The summed E-state index contributed by atoms with van der Waals surface area (Å²) in [4.78, 5) is 20.5. The molecule has 1 fully saturated rings. The summed E-state index contributed by atoms with van der Waals surface area (Å²) in [6, 6.07) is 10.2. The van der Waals surface area contributed by atoms with Gasteiger partial charge < -0.3 is 0 Å². The number of nitrogens with one attached hydrogen (secondary N) is 1. The molecule has 3 aromatic rings. The van der Waals surface area contributed by atoms with E-state index in [1.807, 2.05) is 12.1 Å². The maximum atomic E-state index is 12.7. The summed E-state index contributed by atoms with van der Waals surface area (Å²) in [5, 5.41) is 1.25. The second-order valence-corrected chi connectivity index (χ2v) is 7.71. The van der Waals surface area contributed by atoms with Crippen LogP contribution in [0.2, 0.25) is 0 Å². The van der Waals surface area contributed by atoms with E-state index in [9.17, 15) is 13.2 Å². The molecule has 0 radical (unpaired) electrons. The minimum absolute atomic E-state index is 0.0283. The highest BCUT2D eigenvalue weighted by atomic mass is 32.2. The van der Waals surface area contributed by atoms with Crippen molar-refractivity contribution < 1.29 is 13.2 Å². The first-order chi connectivity index (χ1) is 12.1. The molecule has 1 saturated carbocycles. The van der Waals surface area contributed by atoms with Crippen LogP contribution in [0.4, 0.5) is 0 Å². The molecule has 1 amide bonds. The van der Waals surface area contributed by atoms with Crippen LogP contribution in [-0.4, -0.2) is 24.3 Å². The largest absolute Gasteiger partial charge is 0.274 e. The van der Waals surface area contributed by atoms with Crippen molar-refractivity contribution in [3.63, 3.8) is 0 Å². The lowest BCUT2D eigenvalue weighted by molar-refractivity contribution is -0.120. The molecule has 0 bridgehead atoms.